The van der Waals surface area contributed by atoms with Crippen molar-refractivity contribution < 1.29 is 4.79 Å². The summed E-state index contributed by atoms with van der Waals surface area (Å²) < 4.78 is 0. The number of carbonyl (C=O) groups is 1. The van der Waals surface area contributed by atoms with E-state index < -0.39 is 0 Å². The second-order valence-electron chi connectivity index (χ2n) is 3.71. The van der Waals surface area contributed by atoms with Gasteiger partial charge >= 0.3 is 0 Å². The van der Waals surface area contributed by atoms with E-state index in [-0.39, 0.29) is 11.8 Å². The van der Waals surface area contributed by atoms with Crippen molar-refractivity contribution in [1.29, 1.82) is 0 Å². The summed E-state index contributed by atoms with van der Waals surface area (Å²) in [7, 11) is 0. The van der Waals surface area contributed by atoms with E-state index in [1.165, 1.54) is 5.01 Å². The van der Waals surface area contributed by atoms with Crippen LogP contribution in [0.3, 0.4) is 0 Å². The van der Waals surface area contributed by atoms with Crippen LogP contribution in [0, 0.1) is 5.92 Å². The van der Waals surface area contributed by atoms with Crippen molar-refractivity contribution in [3.8, 4) is 0 Å². The Kier molecular flexibility index (Phi) is 2.91. The van der Waals surface area contributed by atoms with E-state index in [1.807, 2.05) is 13.8 Å². The largest absolute Gasteiger partial charge is 0.272 e. The lowest BCUT2D eigenvalue weighted by atomic mass is 10.1. The summed E-state index contributed by atoms with van der Waals surface area (Å²) >= 11 is 11.7. The summed E-state index contributed by atoms with van der Waals surface area (Å²) in [4.78, 5) is 11.8. The first kappa shape index (κ1) is 11.4. The van der Waals surface area contributed by atoms with Gasteiger partial charge in [0.25, 0.3) is 5.91 Å². The van der Waals surface area contributed by atoms with Gasteiger partial charge in [-0.15, -0.1) is 0 Å². The molecule has 0 saturated carbocycles. The summed E-state index contributed by atoms with van der Waals surface area (Å²) in [5.74, 6) is -0.217. The second kappa shape index (κ2) is 4.07. The number of hydrazone groups is 1. The molecular formula is C11H10Cl2N2O. The molecule has 1 amide bonds. The van der Waals surface area contributed by atoms with Gasteiger partial charge in [0, 0.05) is 5.71 Å². The summed E-state index contributed by atoms with van der Waals surface area (Å²) in [5.41, 5.74) is 1.44. The lowest BCUT2D eigenvalue weighted by Gasteiger charge is -2.13. The highest BCUT2D eigenvalue weighted by Gasteiger charge is 2.30. The average molecular weight is 257 g/mol. The van der Waals surface area contributed by atoms with Gasteiger partial charge in [-0.2, -0.15) is 5.10 Å². The first-order valence-corrected chi connectivity index (χ1v) is 5.60. The molecule has 5 heteroatoms. The molecule has 1 aromatic rings. The zero-order chi connectivity index (χ0) is 11.9. The van der Waals surface area contributed by atoms with Crippen LogP contribution >= 0.6 is 23.2 Å². The van der Waals surface area contributed by atoms with Crippen molar-refractivity contribution in [2.45, 2.75) is 13.8 Å². The van der Waals surface area contributed by atoms with Gasteiger partial charge in [-0.05, 0) is 32.0 Å². The predicted molar refractivity (Wildman–Crippen MR) is 66.2 cm³/mol. The van der Waals surface area contributed by atoms with E-state index in [0.29, 0.717) is 15.7 Å². The van der Waals surface area contributed by atoms with E-state index >= 15 is 0 Å². The molecule has 0 radical (unpaired) electrons. The molecule has 0 aliphatic carbocycles. The minimum atomic E-state index is -0.172. The van der Waals surface area contributed by atoms with Gasteiger partial charge in [-0.25, -0.2) is 5.01 Å². The van der Waals surface area contributed by atoms with Gasteiger partial charge in [0.1, 0.15) is 0 Å². The van der Waals surface area contributed by atoms with Crippen LogP contribution < -0.4 is 5.01 Å². The predicted octanol–water partition coefficient (Wildman–Crippen LogP) is 3.35. The Bertz CT molecular complexity index is 485. The maximum Gasteiger partial charge on any atom is 0.255 e. The Balaban J connectivity index is 2.39. The number of anilines is 1. The van der Waals surface area contributed by atoms with Crippen LogP contribution in [0.5, 0.6) is 0 Å². The number of carbonyl (C=O) groups excluding carboxylic acids is 1. The van der Waals surface area contributed by atoms with Crippen LogP contribution in [0.2, 0.25) is 10.0 Å². The molecule has 0 spiro atoms. The first-order chi connectivity index (χ1) is 7.50. The van der Waals surface area contributed by atoms with Gasteiger partial charge in [-0.1, -0.05) is 23.2 Å². The normalized spacial score (nSPS) is 20.2. The Morgan fingerprint density at radius 1 is 1.31 bits per heavy atom. The highest BCUT2D eigenvalue weighted by atomic mass is 35.5. The van der Waals surface area contributed by atoms with Crippen LogP contribution in [0.15, 0.2) is 23.3 Å². The van der Waals surface area contributed by atoms with Gasteiger partial charge in [-0.3, -0.25) is 4.79 Å². The Labute approximate surface area is 104 Å². The summed E-state index contributed by atoms with van der Waals surface area (Å²) in [6.45, 7) is 3.67. The molecule has 16 heavy (non-hydrogen) atoms. The van der Waals surface area contributed by atoms with Crippen molar-refractivity contribution in [3.05, 3.63) is 28.2 Å². The zero-order valence-electron chi connectivity index (χ0n) is 8.87. The van der Waals surface area contributed by atoms with Crippen molar-refractivity contribution in [2.24, 2.45) is 11.0 Å². The van der Waals surface area contributed by atoms with Crippen LogP contribution in [-0.2, 0) is 4.79 Å². The minimum absolute atomic E-state index is 0.0455. The number of hydrogen-bond donors (Lipinski definition) is 0. The standard InChI is InChI=1S/C11H10Cl2N2O/c1-6-7(2)14-15(11(6)16)8-3-4-9(12)10(13)5-8/h3-6H,1-2H3. The topological polar surface area (TPSA) is 32.7 Å². The quantitative estimate of drug-likeness (QED) is 0.759. The van der Waals surface area contributed by atoms with Crippen molar-refractivity contribution in [3.63, 3.8) is 0 Å². The molecule has 1 unspecified atom stereocenters. The fourth-order valence-electron chi connectivity index (χ4n) is 1.46. The zero-order valence-corrected chi connectivity index (χ0v) is 10.4. The van der Waals surface area contributed by atoms with Crippen LogP contribution in [0.25, 0.3) is 0 Å². The van der Waals surface area contributed by atoms with E-state index in [9.17, 15) is 4.79 Å². The average Bonchev–Trinajstić information content (AvgIpc) is 2.50. The molecule has 3 nitrogen and oxygen atoms in total. The second-order valence-corrected chi connectivity index (χ2v) is 4.53. The fraction of sp³-hybridized carbons (Fsp3) is 0.273. The Hall–Kier alpha value is -1.06. The maximum atomic E-state index is 11.8. The third-order valence-electron chi connectivity index (χ3n) is 2.61. The summed E-state index contributed by atoms with van der Waals surface area (Å²) in [5, 5.41) is 6.43. The van der Waals surface area contributed by atoms with E-state index in [1.54, 1.807) is 18.2 Å². The van der Waals surface area contributed by atoms with Gasteiger partial charge in [0.15, 0.2) is 0 Å². The minimum Gasteiger partial charge on any atom is -0.272 e. The molecular weight excluding hydrogens is 247 g/mol. The number of rotatable bonds is 1. The highest BCUT2D eigenvalue weighted by Crippen LogP contribution is 2.30. The van der Waals surface area contributed by atoms with Crippen molar-refractivity contribution >= 4 is 40.5 Å². The molecule has 1 aromatic carbocycles. The third-order valence-corrected chi connectivity index (χ3v) is 3.35. The molecule has 1 heterocycles. The number of benzene rings is 1. The number of hydrogen-bond acceptors (Lipinski definition) is 2. The lowest BCUT2D eigenvalue weighted by Crippen LogP contribution is -2.25. The van der Waals surface area contributed by atoms with Gasteiger partial charge < -0.3 is 0 Å². The fourth-order valence-corrected chi connectivity index (χ4v) is 1.75. The molecule has 0 N–H and O–H groups in total. The molecule has 0 fully saturated rings. The molecule has 0 saturated heterocycles. The van der Waals surface area contributed by atoms with E-state index in [4.69, 9.17) is 23.2 Å². The molecule has 1 aliphatic rings. The smallest absolute Gasteiger partial charge is 0.255 e. The lowest BCUT2D eigenvalue weighted by molar-refractivity contribution is -0.119. The van der Waals surface area contributed by atoms with Gasteiger partial charge in [0.05, 0.1) is 21.7 Å². The van der Waals surface area contributed by atoms with Crippen LogP contribution in [0.4, 0.5) is 5.69 Å². The summed E-state index contributed by atoms with van der Waals surface area (Å²) in [6.07, 6.45) is 0. The third kappa shape index (κ3) is 1.81. The van der Waals surface area contributed by atoms with Gasteiger partial charge in [0.2, 0.25) is 0 Å². The molecule has 1 aliphatic heterocycles. The maximum absolute atomic E-state index is 11.8. The number of amides is 1. The van der Waals surface area contributed by atoms with Crippen molar-refractivity contribution in [2.75, 3.05) is 5.01 Å². The number of halogens is 2. The first-order valence-electron chi connectivity index (χ1n) is 4.85. The van der Waals surface area contributed by atoms with Crippen molar-refractivity contribution in [1.82, 2.24) is 0 Å². The molecule has 0 aromatic heterocycles. The van der Waals surface area contributed by atoms with Crippen LogP contribution in [-0.4, -0.2) is 11.6 Å². The Morgan fingerprint density at radius 2 is 2.00 bits per heavy atom. The summed E-state index contributed by atoms with van der Waals surface area (Å²) in [6, 6.07) is 5.01. The SMILES string of the molecule is CC1=NN(c2ccc(Cl)c(Cl)c2)C(=O)C1C. The molecule has 2 rings (SSSR count). The Morgan fingerprint density at radius 3 is 2.50 bits per heavy atom. The number of nitrogens with zero attached hydrogens (tertiary/aromatic N) is 2. The van der Waals surface area contributed by atoms with Crippen LogP contribution in [0.1, 0.15) is 13.8 Å². The molecule has 84 valence electrons. The van der Waals surface area contributed by atoms with E-state index in [0.717, 1.165) is 5.71 Å². The molecule has 1 atom stereocenters. The van der Waals surface area contributed by atoms with E-state index in [2.05, 4.69) is 5.10 Å². The molecule has 0 bridgehead atoms. The monoisotopic (exact) mass is 256 g/mol. The highest BCUT2D eigenvalue weighted by molar-refractivity contribution is 6.42.